The van der Waals surface area contributed by atoms with Crippen molar-refractivity contribution in [3.05, 3.63) is 12.7 Å². The first-order chi connectivity index (χ1) is 8.80. The summed E-state index contributed by atoms with van der Waals surface area (Å²) in [6.45, 7) is 10.4. The van der Waals surface area contributed by atoms with Crippen LogP contribution in [0.5, 0.6) is 0 Å². The minimum Gasteiger partial charge on any atom is -0.303 e. The molecular weight excluding hydrogens is 218 g/mol. The number of allylic oxidation sites excluding steroid dienone is 1. The van der Waals surface area contributed by atoms with Crippen molar-refractivity contribution in [2.24, 2.45) is 11.3 Å². The van der Waals surface area contributed by atoms with E-state index in [1.54, 1.807) is 0 Å². The maximum atomic E-state index is 4.20. The van der Waals surface area contributed by atoms with Crippen molar-refractivity contribution in [1.29, 1.82) is 0 Å². The van der Waals surface area contributed by atoms with Crippen molar-refractivity contribution in [3.8, 4) is 0 Å². The van der Waals surface area contributed by atoms with Gasteiger partial charge in [0.15, 0.2) is 0 Å². The maximum absolute atomic E-state index is 4.20. The quantitative estimate of drug-likeness (QED) is 0.642. The van der Waals surface area contributed by atoms with Gasteiger partial charge < -0.3 is 4.90 Å². The lowest BCUT2D eigenvalue weighted by Gasteiger charge is -2.46. The predicted octanol–water partition coefficient (Wildman–Crippen LogP) is 4.64. The number of nitrogens with zero attached hydrogens (tertiary/aromatic N) is 1. The molecule has 1 aliphatic heterocycles. The van der Waals surface area contributed by atoms with E-state index in [2.05, 4.69) is 24.5 Å². The fourth-order valence-electron chi connectivity index (χ4n) is 4.03. The van der Waals surface area contributed by atoms with Crippen LogP contribution in [0, 0.1) is 11.3 Å². The average Bonchev–Trinajstić information content (AvgIpc) is 2.46. The molecule has 0 aromatic carbocycles. The van der Waals surface area contributed by atoms with E-state index in [-0.39, 0.29) is 0 Å². The lowest BCUT2D eigenvalue weighted by molar-refractivity contribution is 0.0689. The van der Waals surface area contributed by atoms with Crippen molar-refractivity contribution in [2.75, 3.05) is 19.6 Å². The van der Waals surface area contributed by atoms with Crippen molar-refractivity contribution < 1.29 is 0 Å². The van der Waals surface area contributed by atoms with Crippen LogP contribution < -0.4 is 0 Å². The van der Waals surface area contributed by atoms with Crippen LogP contribution in [-0.4, -0.2) is 24.5 Å². The third-order valence-corrected chi connectivity index (χ3v) is 5.44. The van der Waals surface area contributed by atoms with Crippen LogP contribution in [0.4, 0.5) is 0 Å². The molecule has 0 aromatic heterocycles. The zero-order valence-electron chi connectivity index (χ0n) is 12.3. The van der Waals surface area contributed by atoms with Crippen LogP contribution in [0.1, 0.15) is 64.7 Å². The van der Waals surface area contributed by atoms with E-state index < -0.39 is 0 Å². The largest absolute Gasteiger partial charge is 0.303 e. The average molecular weight is 249 g/mol. The topological polar surface area (TPSA) is 3.24 Å². The van der Waals surface area contributed by atoms with Crippen molar-refractivity contribution in [3.63, 3.8) is 0 Å². The molecule has 1 saturated carbocycles. The van der Waals surface area contributed by atoms with E-state index in [0.717, 1.165) is 5.92 Å². The zero-order chi connectivity index (χ0) is 12.8. The van der Waals surface area contributed by atoms with E-state index in [4.69, 9.17) is 0 Å². The number of likely N-dealkylation sites (tertiary alicyclic amines) is 1. The molecule has 0 spiro atoms. The first-order valence-electron chi connectivity index (χ1n) is 8.16. The monoisotopic (exact) mass is 249 g/mol. The Labute approximate surface area is 114 Å². The molecule has 0 bridgehead atoms. The van der Waals surface area contributed by atoms with Crippen LogP contribution in [0.3, 0.4) is 0 Å². The zero-order valence-corrected chi connectivity index (χ0v) is 12.3. The van der Waals surface area contributed by atoms with Gasteiger partial charge in [-0.3, -0.25) is 0 Å². The number of hydrogen-bond acceptors (Lipinski definition) is 1. The van der Waals surface area contributed by atoms with Gasteiger partial charge in [-0.05, 0) is 63.1 Å². The van der Waals surface area contributed by atoms with Crippen molar-refractivity contribution >= 4 is 0 Å². The molecule has 2 fully saturated rings. The minimum absolute atomic E-state index is 0.489. The highest BCUT2D eigenvalue weighted by Gasteiger charge is 2.38. The Morgan fingerprint density at radius 1 is 1.17 bits per heavy atom. The fourth-order valence-corrected chi connectivity index (χ4v) is 4.03. The summed E-state index contributed by atoms with van der Waals surface area (Å²) in [4.78, 5) is 2.67. The van der Waals surface area contributed by atoms with Gasteiger partial charge in [0.2, 0.25) is 0 Å². The van der Waals surface area contributed by atoms with E-state index in [9.17, 15) is 0 Å². The van der Waals surface area contributed by atoms with Crippen LogP contribution in [0.2, 0.25) is 0 Å². The van der Waals surface area contributed by atoms with E-state index in [1.165, 1.54) is 77.4 Å². The van der Waals surface area contributed by atoms with E-state index in [1.807, 2.05) is 0 Å². The smallest absolute Gasteiger partial charge is 0.00103 e. The van der Waals surface area contributed by atoms with Gasteiger partial charge in [-0.15, -0.1) is 6.58 Å². The second-order valence-electron chi connectivity index (χ2n) is 6.47. The summed E-state index contributed by atoms with van der Waals surface area (Å²) >= 11 is 0. The van der Waals surface area contributed by atoms with Crippen LogP contribution >= 0.6 is 0 Å². The second kappa shape index (κ2) is 6.75. The lowest BCUT2D eigenvalue weighted by Crippen LogP contribution is -2.43. The normalized spacial score (nSPS) is 26.1. The summed E-state index contributed by atoms with van der Waals surface area (Å²) in [6.07, 6.45) is 15.1. The van der Waals surface area contributed by atoms with Gasteiger partial charge in [0.05, 0.1) is 0 Å². The first-order valence-corrected chi connectivity index (χ1v) is 8.16. The molecule has 1 heterocycles. The summed E-state index contributed by atoms with van der Waals surface area (Å²) < 4.78 is 0. The van der Waals surface area contributed by atoms with Gasteiger partial charge in [-0.1, -0.05) is 38.7 Å². The number of piperidine rings is 1. The number of unbranched alkanes of at least 4 members (excludes halogenated alkanes) is 1. The summed E-state index contributed by atoms with van der Waals surface area (Å²) in [5.41, 5.74) is 0.489. The van der Waals surface area contributed by atoms with Crippen LogP contribution in [0.15, 0.2) is 12.7 Å². The molecule has 1 heteroatoms. The molecule has 0 radical (unpaired) electrons. The predicted molar refractivity (Wildman–Crippen MR) is 79.8 cm³/mol. The maximum Gasteiger partial charge on any atom is -0.00103 e. The van der Waals surface area contributed by atoms with Crippen LogP contribution in [-0.2, 0) is 0 Å². The molecule has 2 aliphatic rings. The third kappa shape index (κ3) is 3.17. The summed E-state index contributed by atoms with van der Waals surface area (Å²) in [5, 5.41) is 0. The molecule has 1 aliphatic carbocycles. The Hall–Kier alpha value is -0.300. The summed E-state index contributed by atoms with van der Waals surface area (Å²) in [5.74, 6) is 0.942. The molecule has 1 saturated heterocycles. The number of rotatable bonds is 5. The summed E-state index contributed by atoms with van der Waals surface area (Å²) in [7, 11) is 0. The Balaban J connectivity index is 1.88. The molecule has 0 amide bonds. The van der Waals surface area contributed by atoms with E-state index >= 15 is 0 Å². The van der Waals surface area contributed by atoms with Gasteiger partial charge in [0.25, 0.3) is 0 Å². The Morgan fingerprint density at radius 2 is 1.83 bits per heavy atom. The van der Waals surface area contributed by atoms with Crippen LogP contribution in [0.25, 0.3) is 0 Å². The second-order valence-corrected chi connectivity index (χ2v) is 6.47. The van der Waals surface area contributed by atoms with Gasteiger partial charge >= 0.3 is 0 Å². The first kappa shape index (κ1) is 14.1. The Bertz CT molecular complexity index is 244. The highest BCUT2D eigenvalue weighted by Crippen LogP contribution is 2.46. The van der Waals surface area contributed by atoms with E-state index in [0.29, 0.717) is 5.41 Å². The fraction of sp³-hybridized carbons (Fsp3) is 0.882. The van der Waals surface area contributed by atoms with Gasteiger partial charge in [-0.25, -0.2) is 0 Å². The van der Waals surface area contributed by atoms with Gasteiger partial charge in [0.1, 0.15) is 0 Å². The lowest BCUT2D eigenvalue weighted by atomic mass is 9.64. The Morgan fingerprint density at radius 3 is 2.39 bits per heavy atom. The third-order valence-electron chi connectivity index (χ3n) is 5.44. The van der Waals surface area contributed by atoms with Gasteiger partial charge in [0, 0.05) is 0 Å². The summed E-state index contributed by atoms with van der Waals surface area (Å²) in [6, 6.07) is 0. The standard InChI is InChI=1S/C17H31N/c1-3-5-13-18-14-11-17(4-2,12-15-18)16-9-7-6-8-10-16/h4,16H,2-3,5-15H2,1H3. The highest BCUT2D eigenvalue weighted by molar-refractivity contribution is 5.02. The molecule has 18 heavy (non-hydrogen) atoms. The molecule has 0 aromatic rings. The Kier molecular flexibility index (Phi) is 5.29. The molecule has 2 rings (SSSR count). The molecular formula is C17H31N. The minimum atomic E-state index is 0.489. The number of hydrogen-bond donors (Lipinski definition) is 0. The molecule has 0 unspecified atom stereocenters. The van der Waals surface area contributed by atoms with Crippen molar-refractivity contribution in [2.45, 2.75) is 64.7 Å². The molecule has 1 nitrogen and oxygen atoms in total. The van der Waals surface area contributed by atoms with Crippen molar-refractivity contribution in [1.82, 2.24) is 4.90 Å². The molecule has 104 valence electrons. The molecule has 0 N–H and O–H groups in total. The van der Waals surface area contributed by atoms with Gasteiger partial charge in [-0.2, -0.15) is 0 Å². The SMILES string of the molecule is C=CC1(C2CCCCC2)CCN(CCCC)CC1. The highest BCUT2D eigenvalue weighted by atomic mass is 15.1. The molecule has 0 atom stereocenters.